The predicted octanol–water partition coefficient (Wildman–Crippen LogP) is 2.77. The van der Waals surface area contributed by atoms with Crippen molar-refractivity contribution < 1.29 is 19.4 Å². The van der Waals surface area contributed by atoms with Gasteiger partial charge in [-0.15, -0.1) is 0 Å². The zero-order chi connectivity index (χ0) is 15.2. The van der Waals surface area contributed by atoms with Gasteiger partial charge in [-0.05, 0) is 26.3 Å². The highest BCUT2D eigenvalue weighted by molar-refractivity contribution is 5.69. The van der Waals surface area contributed by atoms with E-state index in [-0.39, 0.29) is 18.9 Å². The average Bonchev–Trinajstić information content (AvgIpc) is 2.33. The molecule has 0 spiro atoms. The van der Waals surface area contributed by atoms with E-state index in [2.05, 4.69) is 5.32 Å². The number of carboxylic acids is 1. The number of nitrogens with one attached hydrogen (secondary N) is 1. The number of hydrogen-bond acceptors (Lipinski definition) is 3. The molecule has 1 aromatic carbocycles. The van der Waals surface area contributed by atoms with Crippen molar-refractivity contribution in [2.75, 3.05) is 6.54 Å². The van der Waals surface area contributed by atoms with E-state index in [4.69, 9.17) is 9.84 Å². The Morgan fingerprint density at radius 1 is 1.25 bits per heavy atom. The summed E-state index contributed by atoms with van der Waals surface area (Å²) in [6.45, 7) is 5.56. The normalized spacial score (nSPS) is 12.6. The maximum absolute atomic E-state index is 11.6. The van der Waals surface area contributed by atoms with Gasteiger partial charge in [0.05, 0.1) is 6.42 Å². The number of aliphatic carboxylic acids is 1. The summed E-state index contributed by atoms with van der Waals surface area (Å²) in [6.07, 6.45) is -0.580. The molecule has 0 heterocycles. The Hall–Kier alpha value is -2.04. The van der Waals surface area contributed by atoms with E-state index in [9.17, 15) is 9.59 Å². The molecule has 1 rings (SSSR count). The van der Waals surface area contributed by atoms with E-state index in [0.29, 0.717) is 0 Å². The molecule has 110 valence electrons. The number of carbonyl (C=O) groups is 2. The maximum atomic E-state index is 11.6. The molecule has 1 unspecified atom stereocenters. The first-order valence-electron chi connectivity index (χ1n) is 6.51. The molecule has 0 bridgehead atoms. The molecule has 0 saturated carbocycles. The minimum Gasteiger partial charge on any atom is -0.481 e. The molecule has 5 nitrogen and oxygen atoms in total. The monoisotopic (exact) mass is 279 g/mol. The molecule has 20 heavy (non-hydrogen) atoms. The Balaban J connectivity index is 2.63. The van der Waals surface area contributed by atoms with Crippen LogP contribution >= 0.6 is 0 Å². The van der Waals surface area contributed by atoms with Gasteiger partial charge < -0.3 is 15.2 Å². The van der Waals surface area contributed by atoms with Gasteiger partial charge in [0.2, 0.25) is 0 Å². The van der Waals surface area contributed by atoms with Crippen LogP contribution in [0, 0.1) is 0 Å². The van der Waals surface area contributed by atoms with Gasteiger partial charge in [0.15, 0.2) is 0 Å². The lowest BCUT2D eigenvalue weighted by Crippen LogP contribution is -2.35. The van der Waals surface area contributed by atoms with Crippen LogP contribution in [0.3, 0.4) is 0 Å². The van der Waals surface area contributed by atoms with Gasteiger partial charge in [0.25, 0.3) is 0 Å². The number of carboxylic acid groups (broad SMARTS) is 1. The summed E-state index contributed by atoms with van der Waals surface area (Å²) < 4.78 is 5.13. The number of ether oxygens (including phenoxy) is 1. The van der Waals surface area contributed by atoms with Gasteiger partial charge in [-0.25, -0.2) is 4.79 Å². The molecule has 0 aliphatic heterocycles. The molecular formula is C15H21NO4. The number of carbonyl (C=O) groups excluding carboxylic acids is 1. The van der Waals surface area contributed by atoms with Crippen molar-refractivity contribution in [2.24, 2.45) is 0 Å². The Bertz CT molecular complexity index is 451. The summed E-state index contributed by atoms with van der Waals surface area (Å²) >= 11 is 0. The van der Waals surface area contributed by atoms with E-state index in [1.807, 2.05) is 30.3 Å². The fourth-order valence-electron chi connectivity index (χ4n) is 1.76. The lowest BCUT2D eigenvalue weighted by atomic mass is 9.96. The van der Waals surface area contributed by atoms with Crippen molar-refractivity contribution in [1.29, 1.82) is 0 Å². The van der Waals surface area contributed by atoms with Crippen LogP contribution in [0.15, 0.2) is 30.3 Å². The summed E-state index contributed by atoms with van der Waals surface area (Å²) in [5, 5.41) is 11.6. The van der Waals surface area contributed by atoms with Crippen molar-refractivity contribution in [3.63, 3.8) is 0 Å². The minimum absolute atomic E-state index is 0.0419. The Kier molecular flexibility index (Phi) is 5.55. The summed E-state index contributed by atoms with van der Waals surface area (Å²) in [5.74, 6) is -1.17. The van der Waals surface area contributed by atoms with Crippen molar-refractivity contribution in [3.8, 4) is 0 Å². The number of hydrogen-bond donors (Lipinski definition) is 2. The summed E-state index contributed by atoms with van der Waals surface area (Å²) in [6, 6.07) is 9.26. The molecule has 1 aromatic rings. The zero-order valence-electron chi connectivity index (χ0n) is 12.1. The minimum atomic E-state index is -0.898. The third-order valence-corrected chi connectivity index (χ3v) is 2.58. The van der Waals surface area contributed by atoms with Crippen molar-refractivity contribution >= 4 is 12.1 Å². The highest BCUT2D eigenvalue weighted by atomic mass is 16.6. The van der Waals surface area contributed by atoms with Gasteiger partial charge in [-0.1, -0.05) is 30.3 Å². The number of amides is 1. The number of rotatable bonds is 5. The molecule has 1 amide bonds. The predicted molar refractivity (Wildman–Crippen MR) is 75.7 cm³/mol. The second kappa shape index (κ2) is 6.93. The number of alkyl carbamates (subject to hydrolysis) is 1. The van der Waals surface area contributed by atoms with Gasteiger partial charge in [-0.3, -0.25) is 4.79 Å². The van der Waals surface area contributed by atoms with Crippen molar-refractivity contribution in [2.45, 2.75) is 38.7 Å². The van der Waals surface area contributed by atoms with Crippen LogP contribution in [0.5, 0.6) is 0 Å². The fourth-order valence-corrected chi connectivity index (χ4v) is 1.76. The third kappa shape index (κ3) is 6.22. The maximum Gasteiger partial charge on any atom is 0.407 e. The standard InChI is InChI=1S/C15H21NO4/c1-15(2,3)20-14(19)16-10-12(9-13(17)18)11-7-5-4-6-8-11/h4-8,12H,9-10H2,1-3H3,(H,16,19)(H,17,18). The average molecular weight is 279 g/mol. The van der Waals surface area contributed by atoms with E-state index < -0.39 is 17.7 Å². The molecular weight excluding hydrogens is 258 g/mol. The molecule has 0 aromatic heterocycles. The molecule has 5 heteroatoms. The van der Waals surface area contributed by atoms with Crippen LogP contribution < -0.4 is 5.32 Å². The van der Waals surface area contributed by atoms with Gasteiger partial charge >= 0.3 is 12.1 Å². The topological polar surface area (TPSA) is 75.6 Å². The molecule has 0 saturated heterocycles. The van der Waals surface area contributed by atoms with Crippen LogP contribution in [0.4, 0.5) is 4.79 Å². The van der Waals surface area contributed by atoms with Gasteiger partial charge in [0.1, 0.15) is 5.60 Å². The van der Waals surface area contributed by atoms with E-state index in [0.717, 1.165) is 5.56 Å². The first kappa shape index (κ1) is 16.0. The van der Waals surface area contributed by atoms with Crippen LogP contribution in [0.2, 0.25) is 0 Å². The highest BCUT2D eigenvalue weighted by Crippen LogP contribution is 2.18. The Morgan fingerprint density at radius 3 is 2.35 bits per heavy atom. The third-order valence-electron chi connectivity index (χ3n) is 2.58. The fraction of sp³-hybridized carbons (Fsp3) is 0.467. The highest BCUT2D eigenvalue weighted by Gasteiger charge is 2.19. The molecule has 2 N–H and O–H groups in total. The van der Waals surface area contributed by atoms with Gasteiger partial charge in [0, 0.05) is 12.5 Å². The van der Waals surface area contributed by atoms with Crippen LogP contribution in [0.1, 0.15) is 38.7 Å². The Labute approximate surface area is 118 Å². The quantitative estimate of drug-likeness (QED) is 0.869. The van der Waals surface area contributed by atoms with E-state index in [1.54, 1.807) is 20.8 Å². The first-order valence-corrected chi connectivity index (χ1v) is 6.51. The van der Waals surface area contributed by atoms with Crippen molar-refractivity contribution in [1.82, 2.24) is 5.32 Å². The number of benzene rings is 1. The van der Waals surface area contributed by atoms with E-state index >= 15 is 0 Å². The summed E-state index contributed by atoms with van der Waals surface area (Å²) in [4.78, 5) is 22.5. The largest absolute Gasteiger partial charge is 0.481 e. The zero-order valence-corrected chi connectivity index (χ0v) is 12.1. The summed E-state index contributed by atoms with van der Waals surface area (Å²) in [5.41, 5.74) is 0.310. The lowest BCUT2D eigenvalue weighted by molar-refractivity contribution is -0.137. The smallest absolute Gasteiger partial charge is 0.407 e. The second-order valence-electron chi connectivity index (χ2n) is 5.59. The Morgan fingerprint density at radius 2 is 1.85 bits per heavy atom. The lowest BCUT2D eigenvalue weighted by Gasteiger charge is -2.21. The second-order valence-corrected chi connectivity index (χ2v) is 5.59. The molecule has 1 atom stereocenters. The van der Waals surface area contributed by atoms with E-state index in [1.165, 1.54) is 0 Å². The van der Waals surface area contributed by atoms with Crippen molar-refractivity contribution in [3.05, 3.63) is 35.9 Å². The van der Waals surface area contributed by atoms with Crippen LogP contribution in [-0.4, -0.2) is 29.3 Å². The molecule has 0 radical (unpaired) electrons. The molecule has 0 aliphatic rings. The SMILES string of the molecule is CC(C)(C)OC(=O)NCC(CC(=O)O)c1ccccc1. The molecule has 0 aliphatic carbocycles. The van der Waals surface area contributed by atoms with Gasteiger partial charge in [-0.2, -0.15) is 0 Å². The summed E-state index contributed by atoms with van der Waals surface area (Å²) in [7, 11) is 0. The first-order chi connectivity index (χ1) is 9.28. The van der Waals surface area contributed by atoms with Crippen LogP contribution in [-0.2, 0) is 9.53 Å². The van der Waals surface area contributed by atoms with Crippen LogP contribution in [0.25, 0.3) is 0 Å². The molecule has 0 fully saturated rings.